The fourth-order valence-electron chi connectivity index (χ4n) is 2.34. The Morgan fingerprint density at radius 2 is 2.05 bits per heavy atom. The first kappa shape index (κ1) is 16.8. The highest BCUT2D eigenvalue weighted by atomic mass is 35.5. The van der Waals surface area contributed by atoms with Gasteiger partial charge in [0.2, 0.25) is 0 Å². The van der Waals surface area contributed by atoms with Crippen LogP contribution in [0, 0.1) is 6.92 Å². The van der Waals surface area contributed by atoms with Crippen LogP contribution in [0.15, 0.2) is 18.2 Å². The third-order valence-electron chi connectivity index (χ3n) is 3.62. The van der Waals surface area contributed by atoms with Crippen LogP contribution in [-0.4, -0.2) is 36.8 Å². The van der Waals surface area contributed by atoms with E-state index in [1.54, 1.807) is 25.3 Å². The van der Waals surface area contributed by atoms with Crippen LogP contribution in [-0.2, 0) is 9.53 Å². The first-order valence-electron chi connectivity index (χ1n) is 6.44. The van der Waals surface area contributed by atoms with Gasteiger partial charge in [-0.25, -0.2) is 0 Å². The van der Waals surface area contributed by atoms with Gasteiger partial charge in [0, 0.05) is 7.11 Å². The van der Waals surface area contributed by atoms with E-state index >= 15 is 0 Å². The fourth-order valence-corrected chi connectivity index (χ4v) is 2.34. The summed E-state index contributed by atoms with van der Waals surface area (Å²) in [6, 6.07) is 5.12. The number of anilines is 1. The van der Waals surface area contributed by atoms with Gasteiger partial charge in [0.1, 0.15) is 11.4 Å². The molecule has 0 spiro atoms. The Hall–Kier alpha value is -1.30. The number of piperidine rings is 1. The number of benzene rings is 1. The van der Waals surface area contributed by atoms with Gasteiger partial charge in [0.05, 0.1) is 5.69 Å². The van der Waals surface area contributed by atoms with E-state index in [1.165, 1.54) is 0 Å². The molecule has 1 aromatic rings. The van der Waals surface area contributed by atoms with Crippen LogP contribution >= 0.6 is 12.4 Å². The molecule has 0 saturated carbocycles. The lowest BCUT2D eigenvalue weighted by Crippen LogP contribution is -2.51. The van der Waals surface area contributed by atoms with Gasteiger partial charge >= 0.3 is 0 Å². The van der Waals surface area contributed by atoms with Crippen molar-refractivity contribution in [2.45, 2.75) is 25.4 Å². The Kier molecular flexibility index (Phi) is 5.80. The lowest BCUT2D eigenvalue weighted by Gasteiger charge is -2.34. The fraction of sp³-hybridized carbons (Fsp3) is 0.500. The van der Waals surface area contributed by atoms with E-state index in [4.69, 9.17) is 4.74 Å². The summed E-state index contributed by atoms with van der Waals surface area (Å²) in [5, 5.41) is 15.7. The average molecular weight is 301 g/mol. The number of nitrogens with one attached hydrogen (secondary N) is 2. The zero-order valence-electron chi connectivity index (χ0n) is 11.7. The van der Waals surface area contributed by atoms with Crippen LogP contribution in [0.4, 0.5) is 5.69 Å². The van der Waals surface area contributed by atoms with Crippen LogP contribution in [0.3, 0.4) is 0 Å². The minimum absolute atomic E-state index is 0. The van der Waals surface area contributed by atoms with Crippen LogP contribution in [0.25, 0.3) is 0 Å². The van der Waals surface area contributed by atoms with Gasteiger partial charge in [-0.3, -0.25) is 4.79 Å². The number of carbonyl (C=O) groups is 1. The summed E-state index contributed by atoms with van der Waals surface area (Å²) in [7, 11) is 1.56. The molecule has 1 aliphatic rings. The monoisotopic (exact) mass is 300 g/mol. The maximum absolute atomic E-state index is 12.4. The molecule has 2 rings (SSSR count). The van der Waals surface area contributed by atoms with Gasteiger partial charge in [0.15, 0.2) is 0 Å². The van der Waals surface area contributed by atoms with Crippen molar-refractivity contribution in [3.05, 3.63) is 23.8 Å². The van der Waals surface area contributed by atoms with Crippen molar-refractivity contribution in [2.75, 3.05) is 25.5 Å². The van der Waals surface area contributed by atoms with Crippen LogP contribution < -0.4 is 10.6 Å². The number of halogens is 1. The summed E-state index contributed by atoms with van der Waals surface area (Å²) >= 11 is 0. The van der Waals surface area contributed by atoms with E-state index in [0.29, 0.717) is 18.5 Å². The summed E-state index contributed by atoms with van der Waals surface area (Å²) in [6.45, 7) is 3.41. The molecule has 0 aromatic heterocycles. The number of methoxy groups -OCH3 is 1. The molecule has 1 saturated heterocycles. The predicted octanol–water partition coefficient (Wildman–Crippen LogP) is 1.83. The number of aryl methyl sites for hydroxylation is 1. The zero-order valence-corrected chi connectivity index (χ0v) is 12.5. The highest BCUT2D eigenvalue weighted by molar-refractivity contribution is 5.98. The lowest BCUT2D eigenvalue weighted by molar-refractivity contribution is -0.140. The predicted molar refractivity (Wildman–Crippen MR) is 80.6 cm³/mol. The second kappa shape index (κ2) is 6.92. The van der Waals surface area contributed by atoms with Crippen LogP contribution in [0.2, 0.25) is 0 Å². The molecular weight excluding hydrogens is 280 g/mol. The number of phenols is 1. The smallest absolute Gasteiger partial charge is 0.256 e. The van der Waals surface area contributed by atoms with Crippen molar-refractivity contribution in [2.24, 2.45) is 0 Å². The highest BCUT2D eigenvalue weighted by Gasteiger charge is 2.39. The second-order valence-electron chi connectivity index (χ2n) is 4.92. The van der Waals surface area contributed by atoms with Gasteiger partial charge in [-0.15, -0.1) is 12.4 Å². The maximum atomic E-state index is 12.4. The second-order valence-corrected chi connectivity index (χ2v) is 4.92. The summed E-state index contributed by atoms with van der Waals surface area (Å²) in [5.74, 6) is -0.128. The van der Waals surface area contributed by atoms with E-state index in [-0.39, 0.29) is 24.1 Å². The summed E-state index contributed by atoms with van der Waals surface area (Å²) in [4.78, 5) is 12.4. The molecular formula is C14H21ClN2O3. The number of hydrogen-bond donors (Lipinski definition) is 3. The molecule has 112 valence electrons. The molecule has 1 heterocycles. The molecule has 3 N–H and O–H groups in total. The number of phenolic OH excluding ortho intramolecular Hbond substituents is 1. The Morgan fingerprint density at radius 3 is 2.65 bits per heavy atom. The Bertz CT molecular complexity index is 473. The minimum atomic E-state index is -0.804. The lowest BCUT2D eigenvalue weighted by atomic mass is 9.91. The zero-order chi connectivity index (χ0) is 13.9. The van der Waals surface area contributed by atoms with Gasteiger partial charge in [-0.05, 0) is 50.6 Å². The van der Waals surface area contributed by atoms with Crippen molar-refractivity contribution in [1.82, 2.24) is 5.32 Å². The normalized spacial score (nSPS) is 17.1. The molecule has 1 aliphatic heterocycles. The molecule has 6 heteroatoms. The molecule has 0 unspecified atom stereocenters. The van der Waals surface area contributed by atoms with Crippen molar-refractivity contribution in [3.8, 4) is 5.75 Å². The molecule has 5 nitrogen and oxygen atoms in total. The van der Waals surface area contributed by atoms with Crippen molar-refractivity contribution >= 4 is 24.0 Å². The number of carbonyl (C=O) groups excluding carboxylic acids is 1. The Balaban J connectivity index is 0.00000200. The molecule has 1 amide bonds. The van der Waals surface area contributed by atoms with Crippen LogP contribution in [0.1, 0.15) is 18.4 Å². The molecule has 0 atom stereocenters. The van der Waals surface area contributed by atoms with Gasteiger partial charge in [-0.2, -0.15) is 0 Å². The standard InChI is InChI=1S/C14H20N2O3.ClH/c1-10-3-4-12(17)11(9-10)16-13(18)14(19-2)5-7-15-8-6-14;/h3-4,9,15,17H,5-8H2,1-2H3,(H,16,18);1H. The quantitative estimate of drug-likeness (QED) is 0.745. The third kappa shape index (κ3) is 3.42. The van der Waals surface area contributed by atoms with E-state index in [0.717, 1.165) is 18.7 Å². The van der Waals surface area contributed by atoms with E-state index in [1.807, 2.05) is 6.92 Å². The van der Waals surface area contributed by atoms with Gasteiger partial charge in [0.25, 0.3) is 5.91 Å². The summed E-state index contributed by atoms with van der Waals surface area (Å²) in [6.07, 6.45) is 1.25. The van der Waals surface area contributed by atoms with E-state index in [9.17, 15) is 9.90 Å². The number of aromatic hydroxyl groups is 1. The molecule has 1 fully saturated rings. The maximum Gasteiger partial charge on any atom is 0.256 e. The topological polar surface area (TPSA) is 70.6 Å². The highest BCUT2D eigenvalue weighted by Crippen LogP contribution is 2.28. The SMILES string of the molecule is COC1(C(=O)Nc2cc(C)ccc2O)CCNCC1.Cl. The minimum Gasteiger partial charge on any atom is -0.506 e. The van der Waals surface area contributed by atoms with Crippen molar-refractivity contribution in [1.29, 1.82) is 0 Å². The van der Waals surface area contributed by atoms with E-state index < -0.39 is 5.60 Å². The number of ether oxygens (including phenoxy) is 1. The van der Waals surface area contributed by atoms with Gasteiger partial charge in [-0.1, -0.05) is 6.07 Å². The summed E-state index contributed by atoms with van der Waals surface area (Å²) < 4.78 is 5.45. The van der Waals surface area contributed by atoms with Crippen LogP contribution in [0.5, 0.6) is 5.75 Å². The van der Waals surface area contributed by atoms with Crippen molar-refractivity contribution in [3.63, 3.8) is 0 Å². The molecule has 20 heavy (non-hydrogen) atoms. The molecule has 0 radical (unpaired) electrons. The number of rotatable bonds is 3. The number of hydrogen-bond acceptors (Lipinski definition) is 4. The van der Waals surface area contributed by atoms with E-state index in [2.05, 4.69) is 10.6 Å². The summed E-state index contributed by atoms with van der Waals surface area (Å²) in [5.41, 5.74) is 0.603. The molecule has 1 aromatic carbocycles. The molecule has 0 bridgehead atoms. The van der Waals surface area contributed by atoms with Gasteiger partial charge < -0.3 is 20.5 Å². The first-order chi connectivity index (χ1) is 9.07. The third-order valence-corrected chi connectivity index (χ3v) is 3.62. The average Bonchev–Trinajstić information content (AvgIpc) is 2.43. The Labute approximate surface area is 125 Å². The van der Waals surface area contributed by atoms with Crippen molar-refractivity contribution < 1.29 is 14.6 Å². The Morgan fingerprint density at radius 1 is 1.40 bits per heavy atom. The molecule has 0 aliphatic carbocycles. The largest absolute Gasteiger partial charge is 0.506 e. The first-order valence-corrected chi connectivity index (χ1v) is 6.44. The number of amides is 1.